The molecule has 3 rings (SSSR count). The largest absolute Gasteiger partial charge is 0.273 e. The molecule has 10 heteroatoms. The zero-order valence-electron chi connectivity index (χ0n) is 14.3. The summed E-state index contributed by atoms with van der Waals surface area (Å²) in [5.74, 6) is -0.320. The van der Waals surface area contributed by atoms with Gasteiger partial charge in [-0.05, 0) is 40.6 Å². The number of aromatic nitrogens is 4. The molecule has 136 valence electrons. The van der Waals surface area contributed by atoms with Gasteiger partial charge in [0.2, 0.25) is 5.91 Å². The van der Waals surface area contributed by atoms with Crippen LogP contribution in [0.25, 0.3) is 5.69 Å². The standard InChI is InChI=1S/C17H15N7O3/c1-12(14-3-2-4-16(10-14)23-11-18-21-22-23)19-20-17(25)9-13-5-7-15(8-6-13)24(26)27/h2-8,10-11H,9H2,1H3,(H,20,25). The van der Waals surface area contributed by atoms with Gasteiger partial charge in [-0.25, -0.2) is 10.1 Å². The maximum Gasteiger partial charge on any atom is 0.269 e. The monoisotopic (exact) mass is 365 g/mol. The molecule has 0 aliphatic carbocycles. The van der Waals surface area contributed by atoms with Crippen LogP contribution in [0, 0.1) is 10.1 Å². The second-order valence-corrected chi connectivity index (χ2v) is 5.64. The highest BCUT2D eigenvalue weighted by atomic mass is 16.6. The lowest BCUT2D eigenvalue weighted by atomic mass is 10.1. The summed E-state index contributed by atoms with van der Waals surface area (Å²) in [5.41, 5.74) is 5.31. The Bertz CT molecular complexity index is 982. The second-order valence-electron chi connectivity index (χ2n) is 5.64. The maximum atomic E-state index is 12.0. The topological polar surface area (TPSA) is 128 Å². The summed E-state index contributed by atoms with van der Waals surface area (Å²) in [6.45, 7) is 1.77. The number of carbonyl (C=O) groups excluding carboxylic acids is 1. The average Bonchev–Trinajstić information content (AvgIpc) is 3.21. The molecule has 2 aromatic carbocycles. The third-order valence-electron chi connectivity index (χ3n) is 3.74. The number of hydrogen-bond donors (Lipinski definition) is 1. The molecule has 0 spiro atoms. The molecule has 0 bridgehead atoms. The Morgan fingerprint density at radius 3 is 2.70 bits per heavy atom. The molecule has 1 amide bonds. The molecule has 1 heterocycles. The predicted molar refractivity (Wildman–Crippen MR) is 96.3 cm³/mol. The lowest BCUT2D eigenvalue weighted by molar-refractivity contribution is -0.384. The molecule has 0 saturated carbocycles. The minimum atomic E-state index is -0.485. The van der Waals surface area contributed by atoms with E-state index < -0.39 is 4.92 Å². The molecular weight excluding hydrogens is 350 g/mol. The summed E-state index contributed by atoms with van der Waals surface area (Å²) < 4.78 is 1.52. The zero-order chi connectivity index (χ0) is 19.2. The van der Waals surface area contributed by atoms with Gasteiger partial charge in [0.15, 0.2) is 0 Å². The zero-order valence-corrected chi connectivity index (χ0v) is 14.3. The van der Waals surface area contributed by atoms with E-state index in [9.17, 15) is 14.9 Å². The van der Waals surface area contributed by atoms with Crippen molar-refractivity contribution in [3.05, 3.63) is 76.1 Å². The van der Waals surface area contributed by atoms with Crippen molar-refractivity contribution < 1.29 is 9.72 Å². The number of nitrogens with one attached hydrogen (secondary N) is 1. The fourth-order valence-corrected chi connectivity index (χ4v) is 2.32. The van der Waals surface area contributed by atoms with Gasteiger partial charge in [-0.1, -0.05) is 24.3 Å². The van der Waals surface area contributed by atoms with Crippen LogP contribution in [0.4, 0.5) is 5.69 Å². The lowest BCUT2D eigenvalue weighted by Gasteiger charge is -2.05. The van der Waals surface area contributed by atoms with Crippen molar-refractivity contribution in [1.82, 2.24) is 25.6 Å². The number of nitrogens with zero attached hydrogens (tertiary/aromatic N) is 6. The van der Waals surface area contributed by atoms with Gasteiger partial charge in [0.1, 0.15) is 6.33 Å². The molecule has 10 nitrogen and oxygen atoms in total. The first-order valence-corrected chi connectivity index (χ1v) is 7.93. The second kappa shape index (κ2) is 7.95. The van der Waals surface area contributed by atoms with Crippen LogP contribution in [0.15, 0.2) is 60.0 Å². The molecule has 0 fully saturated rings. The van der Waals surface area contributed by atoms with Gasteiger partial charge in [0.25, 0.3) is 5.69 Å². The third kappa shape index (κ3) is 4.57. The van der Waals surface area contributed by atoms with Crippen molar-refractivity contribution >= 4 is 17.3 Å². The highest BCUT2D eigenvalue weighted by Crippen LogP contribution is 2.12. The van der Waals surface area contributed by atoms with E-state index in [0.29, 0.717) is 11.3 Å². The first kappa shape index (κ1) is 17.9. The van der Waals surface area contributed by atoms with E-state index in [1.807, 2.05) is 24.3 Å². The summed E-state index contributed by atoms with van der Waals surface area (Å²) in [4.78, 5) is 22.2. The van der Waals surface area contributed by atoms with Gasteiger partial charge in [0, 0.05) is 12.1 Å². The van der Waals surface area contributed by atoms with Crippen molar-refractivity contribution in [2.24, 2.45) is 5.10 Å². The SMILES string of the molecule is CC(=NNC(=O)Cc1ccc([N+](=O)[O-])cc1)c1cccc(-n2cnnn2)c1. The molecule has 0 atom stereocenters. The molecule has 27 heavy (non-hydrogen) atoms. The van der Waals surface area contributed by atoms with Crippen molar-refractivity contribution in [2.75, 3.05) is 0 Å². The highest BCUT2D eigenvalue weighted by molar-refractivity contribution is 5.99. The van der Waals surface area contributed by atoms with Gasteiger partial charge < -0.3 is 0 Å². The summed E-state index contributed by atoms with van der Waals surface area (Å²) in [7, 11) is 0. The van der Waals surface area contributed by atoms with E-state index in [2.05, 4.69) is 26.1 Å². The summed E-state index contributed by atoms with van der Waals surface area (Å²) in [6, 6.07) is 13.2. The van der Waals surface area contributed by atoms with E-state index in [1.54, 1.807) is 19.1 Å². The number of non-ortho nitro benzene ring substituents is 1. The molecule has 0 aliphatic rings. The molecule has 0 unspecified atom stereocenters. The van der Waals surface area contributed by atoms with Crippen LogP contribution >= 0.6 is 0 Å². The van der Waals surface area contributed by atoms with Crippen LogP contribution in [0.5, 0.6) is 0 Å². The molecule has 1 N–H and O–H groups in total. The number of benzene rings is 2. The van der Waals surface area contributed by atoms with E-state index >= 15 is 0 Å². The number of amides is 1. The lowest BCUT2D eigenvalue weighted by Crippen LogP contribution is -2.21. The van der Waals surface area contributed by atoms with Crippen LogP contribution in [0.2, 0.25) is 0 Å². The Labute approximate surface area is 153 Å². The Morgan fingerprint density at radius 1 is 1.26 bits per heavy atom. The highest BCUT2D eigenvalue weighted by Gasteiger charge is 2.08. The van der Waals surface area contributed by atoms with Crippen LogP contribution in [0.3, 0.4) is 0 Å². The van der Waals surface area contributed by atoms with Gasteiger partial charge in [0.05, 0.1) is 22.7 Å². The molecular formula is C17H15N7O3. The number of nitro groups is 1. The number of hydrazone groups is 1. The van der Waals surface area contributed by atoms with Gasteiger partial charge in [-0.3, -0.25) is 14.9 Å². The van der Waals surface area contributed by atoms with Crippen molar-refractivity contribution in [3.8, 4) is 5.69 Å². The van der Waals surface area contributed by atoms with Crippen LogP contribution in [-0.4, -0.2) is 36.7 Å². The van der Waals surface area contributed by atoms with Crippen LogP contribution in [-0.2, 0) is 11.2 Å². The fraction of sp³-hybridized carbons (Fsp3) is 0.118. The van der Waals surface area contributed by atoms with Crippen LogP contribution in [0.1, 0.15) is 18.1 Å². The number of tetrazole rings is 1. The molecule has 1 aromatic heterocycles. The third-order valence-corrected chi connectivity index (χ3v) is 3.74. The van der Waals surface area contributed by atoms with Crippen molar-refractivity contribution in [2.45, 2.75) is 13.3 Å². The number of rotatable bonds is 6. The van der Waals surface area contributed by atoms with Crippen molar-refractivity contribution in [1.29, 1.82) is 0 Å². The summed E-state index contributed by atoms with van der Waals surface area (Å²) in [5, 5.41) is 25.8. The Kier molecular flexibility index (Phi) is 5.26. The summed E-state index contributed by atoms with van der Waals surface area (Å²) >= 11 is 0. The number of carbonyl (C=O) groups is 1. The Balaban J connectivity index is 1.64. The predicted octanol–water partition coefficient (Wildman–Crippen LogP) is 1.65. The summed E-state index contributed by atoms with van der Waals surface area (Å²) in [6.07, 6.45) is 1.55. The molecule has 0 radical (unpaired) electrons. The molecule has 0 saturated heterocycles. The van der Waals surface area contributed by atoms with Gasteiger partial charge in [-0.15, -0.1) is 5.10 Å². The fourth-order valence-electron chi connectivity index (χ4n) is 2.32. The van der Waals surface area contributed by atoms with E-state index in [1.165, 1.54) is 23.1 Å². The number of nitro benzene ring substituents is 1. The quantitative estimate of drug-likeness (QED) is 0.402. The van der Waals surface area contributed by atoms with Gasteiger partial charge >= 0.3 is 0 Å². The van der Waals surface area contributed by atoms with Gasteiger partial charge in [-0.2, -0.15) is 5.10 Å². The maximum absolute atomic E-state index is 12.0. The molecule has 3 aromatic rings. The normalized spacial score (nSPS) is 11.2. The van der Waals surface area contributed by atoms with Crippen LogP contribution < -0.4 is 5.43 Å². The first-order chi connectivity index (χ1) is 13.0. The Morgan fingerprint density at radius 2 is 2.04 bits per heavy atom. The van der Waals surface area contributed by atoms with Crippen molar-refractivity contribution in [3.63, 3.8) is 0 Å². The minimum absolute atomic E-state index is 0.0181. The van der Waals surface area contributed by atoms with E-state index in [-0.39, 0.29) is 18.0 Å². The van der Waals surface area contributed by atoms with E-state index in [4.69, 9.17) is 0 Å². The smallest absolute Gasteiger partial charge is 0.269 e. The first-order valence-electron chi connectivity index (χ1n) is 7.93. The number of hydrogen-bond acceptors (Lipinski definition) is 7. The average molecular weight is 365 g/mol. The van der Waals surface area contributed by atoms with E-state index in [0.717, 1.165) is 11.3 Å². The Hall–Kier alpha value is -3.95. The molecule has 0 aliphatic heterocycles. The minimum Gasteiger partial charge on any atom is -0.273 e.